The van der Waals surface area contributed by atoms with Gasteiger partial charge in [0.05, 0.1) is 17.8 Å². The van der Waals surface area contributed by atoms with Crippen molar-refractivity contribution in [3.8, 4) is 5.75 Å². The van der Waals surface area contributed by atoms with Gasteiger partial charge < -0.3 is 26.0 Å². The molecule has 2 aromatic rings. The Kier molecular flexibility index (Phi) is 7.07. The number of halogens is 1. The van der Waals surface area contributed by atoms with E-state index in [2.05, 4.69) is 4.99 Å². The second kappa shape index (κ2) is 10.2. The van der Waals surface area contributed by atoms with Crippen molar-refractivity contribution < 1.29 is 19.1 Å². The topological polar surface area (TPSA) is 131 Å². The number of hydrogen-bond donors (Lipinski definition) is 2. The highest BCUT2D eigenvalue weighted by atomic mass is 35.5. The maximum Gasteiger partial charge on any atom is 0.277 e. The van der Waals surface area contributed by atoms with Crippen LogP contribution in [0.4, 0.5) is 17.1 Å². The van der Waals surface area contributed by atoms with Crippen molar-refractivity contribution in [1.29, 1.82) is 0 Å². The van der Waals surface area contributed by atoms with Crippen molar-refractivity contribution in [2.75, 3.05) is 30.0 Å². The number of anilines is 2. The van der Waals surface area contributed by atoms with Gasteiger partial charge in [-0.15, -0.1) is 0 Å². The van der Waals surface area contributed by atoms with Crippen LogP contribution < -0.4 is 26.0 Å². The third kappa shape index (κ3) is 5.00. The fourth-order valence-corrected chi connectivity index (χ4v) is 4.47. The van der Waals surface area contributed by atoms with E-state index in [9.17, 15) is 14.4 Å². The fourth-order valence-electron chi connectivity index (χ4n) is 4.22. The largest absolute Gasteiger partial charge is 0.495 e. The van der Waals surface area contributed by atoms with Crippen molar-refractivity contribution in [2.24, 2.45) is 16.5 Å². The van der Waals surface area contributed by atoms with E-state index in [-0.39, 0.29) is 30.3 Å². The molecule has 2 aliphatic heterocycles. The number of hydrogen-bond acceptors (Lipinski definition) is 6. The Morgan fingerprint density at radius 2 is 1.66 bits per heavy atom. The van der Waals surface area contributed by atoms with Crippen LogP contribution in [-0.2, 0) is 14.4 Å². The quantitative estimate of drug-likeness (QED) is 0.615. The van der Waals surface area contributed by atoms with E-state index < -0.39 is 11.8 Å². The fraction of sp³-hybridized carbons (Fsp3) is 0.280. The summed E-state index contributed by atoms with van der Waals surface area (Å²) in [5.41, 5.74) is 13.3. The lowest BCUT2D eigenvalue weighted by Gasteiger charge is -2.31. The summed E-state index contributed by atoms with van der Waals surface area (Å²) in [5, 5.41) is 0.325. The molecule has 0 atom stereocenters. The first-order chi connectivity index (χ1) is 16.8. The maximum absolute atomic E-state index is 13.5. The van der Waals surface area contributed by atoms with Gasteiger partial charge in [-0.25, -0.2) is 4.99 Å². The molecule has 2 fully saturated rings. The number of ether oxygens (including phenoxy) is 1. The van der Waals surface area contributed by atoms with Gasteiger partial charge in [0, 0.05) is 36.5 Å². The van der Waals surface area contributed by atoms with Gasteiger partial charge in [-0.2, -0.15) is 0 Å². The second-order valence-electron chi connectivity index (χ2n) is 8.26. The number of carbonyl (C=O) groups is 3. The molecule has 2 aromatic carbocycles. The van der Waals surface area contributed by atoms with Crippen LogP contribution in [0.5, 0.6) is 5.75 Å². The first-order valence-electron chi connectivity index (χ1n) is 11.2. The molecule has 182 valence electrons. The molecular weight excluding hydrogens is 470 g/mol. The minimum Gasteiger partial charge on any atom is -0.495 e. The predicted molar refractivity (Wildman–Crippen MR) is 135 cm³/mol. The molecule has 2 heterocycles. The summed E-state index contributed by atoms with van der Waals surface area (Å²) in [6.45, 7) is 0.967. The van der Waals surface area contributed by atoms with E-state index in [1.165, 1.54) is 7.11 Å². The summed E-state index contributed by atoms with van der Waals surface area (Å²) in [6, 6.07) is 12.1. The standard InChI is InChI=1S/C25H26ClN5O4/c1-35-20-10-5-15(14-19(20)26)29-23-18(22(27)24(28)33)11-13-31(25(23)34)17-8-6-16(7-9-17)30-12-3-2-4-21(30)32/h5-10,14H,2-4,11-13,27H2,1H3,(H2,28,33). The van der Waals surface area contributed by atoms with Gasteiger partial charge in [-0.3, -0.25) is 14.4 Å². The molecule has 3 amide bonds. The lowest BCUT2D eigenvalue weighted by Crippen LogP contribution is -2.44. The van der Waals surface area contributed by atoms with Gasteiger partial charge in [0.25, 0.3) is 11.8 Å². The Labute approximate surface area is 208 Å². The summed E-state index contributed by atoms with van der Waals surface area (Å²) in [4.78, 5) is 45.4. The molecule has 4 rings (SSSR count). The normalized spacial score (nSPS) is 19.2. The summed E-state index contributed by atoms with van der Waals surface area (Å²) in [7, 11) is 1.50. The molecule has 0 bridgehead atoms. The Hall–Kier alpha value is -3.85. The lowest BCUT2D eigenvalue weighted by atomic mass is 9.97. The number of methoxy groups -OCH3 is 1. The van der Waals surface area contributed by atoms with Crippen molar-refractivity contribution in [2.45, 2.75) is 25.7 Å². The number of piperidine rings is 2. The Morgan fingerprint density at radius 3 is 2.26 bits per heavy atom. The minimum atomic E-state index is -0.822. The third-order valence-corrected chi connectivity index (χ3v) is 6.38. The van der Waals surface area contributed by atoms with Crippen molar-refractivity contribution in [3.05, 3.63) is 58.8 Å². The molecular formula is C25H26ClN5O4. The van der Waals surface area contributed by atoms with Crippen molar-refractivity contribution in [1.82, 2.24) is 0 Å². The minimum absolute atomic E-state index is 0.0177. The van der Waals surface area contributed by atoms with Crippen molar-refractivity contribution >= 4 is 52.1 Å². The van der Waals surface area contributed by atoms with Crippen LogP contribution in [-0.4, -0.2) is 43.6 Å². The zero-order valence-electron chi connectivity index (χ0n) is 19.3. The number of nitrogens with two attached hydrogens (primary N) is 2. The number of nitrogens with zero attached hydrogens (tertiary/aromatic N) is 3. The molecule has 2 aliphatic rings. The number of carbonyl (C=O) groups excluding carboxylic acids is 3. The van der Waals surface area contributed by atoms with E-state index in [4.69, 9.17) is 27.8 Å². The molecule has 0 aromatic heterocycles. The van der Waals surface area contributed by atoms with E-state index in [0.717, 1.165) is 18.5 Å². The molecule has 0 unspecified atom stereocenters. The van der Waals surface area contributed by atoms with Crippen LogP contribution in [0.2, 0.25) is 5.02 Å². The highest BCUT2D eigenvalue weighted by Crippen LogP contribution is 2.32. The van der Waals surface area contributed by atoms with Crippen LogP contribution in [0.25, 0.3) is 0 Å². The highest BCUT2D eigenvalue weighted by molar-refractivity contribution is 6.51. The molecule has 35 heavy (non-hydrogen) atoms. The maximum atomic E-state index is 13.5. The van der Waals surface area contributed by atoms with Crippen LogP contribution in [0, 0.1) is 0 Å². The van der Waals surface area contributed by atoms with Crippen LogP contribution >= 0.6 is 11.6 Å². The van der Waals surface area contributed by atoms with Crippen molar-refractivity contribution in [3.63, 3.8) is 0 Å². The number of amides is 3. The molecule has 0 spiro atoms. The monoisotopic (exact) mass is 495 g/mol. The zero-order chi connectivity index (χ0) is 25.1. The molecule has 9 nitrogen and oxygen atoms in total. The zero-order valence-corrected chi connectivity index (χ0v) is 20.0. The number of rotatable bonds is 5. The molecule has 4 N–H and O–H groups in total. The summed E-state index contributed by atoms with van der Waals surface area (Å²) in [6.07, 6.45) is 2.69. The smallest absolute Gasteiger partial charge is 0.277 e. The first-order valence-corrected chi connectivity index (χ1v) is 11.6. The van der Waals surface area contributed by atoms with Crippen LogP contribution in [0.15, 0.2) is 58.7 Å². The summed E-state index contributed by atoms with van der Waals surface area (Å²) >= 11 is 6.22. The Balaban J connectivity index is 1.68. The van der Waals surface area contributed by atoms with E-state index in [0.29, 0.717) is 40.7 Å². The average Bonchev–Trinajstić information content (AvgIpc) is 2.85. The van der Waals surface area contributed by atoms with Gasteiger partial charge in [0.15, 0.2) is 0 Å². The van der Waals surface area contributed by atoms with Gasteiger partial charge >= 0.3 is 0 Å². The average molecular weight is 496 g/mol. The second-order valence-corrected chi connectivity index (χ2v) is 8.67. The van der Waals surface area contributed by atoms with Crippen LogP contribution in [0.3, 0.4) is 0 Å². The first kappa shape index (κ1) is 24.3. The molecule has 0 saturated carbocycles. The molecule has 0 radical (unpaired) electrons. The lowest BCUT2D eigenvalue weighted by molar-refractivity contribution is -0.119. The number of aliphatic imine (C=N–C) groups is 1. The molecule has 0 aliphatic carbocycles. The summed E-state index contributed by atoms with van der Waals surface area (Å²) < 4.78 is 5.17. The third-order valence-electron chi connectivity index (χ3n) is 6.08. The Bertz CT molecular complexity index is 1240. The van der Waals surface area contributed by atoms with E-state index in [1.54, 1.807) is 40.1 Å². The van der Waals surface area contributed by atoms with E-state index >= 15 is 0 Å². The predicted octanol–water partition coefficient (Wildman–Crippen LogP) is 3.07. The number of primary amides is 1. The summed E-state index contributed by atoms with van der Waals surface area (Å²) in [5.74, 6) is -0.685. The Morgan fingerprint density at radius 1 is 0.971 bits per heavy atom. The van der Waals surface area contributed by atoms with Gasteiger partial charge in [0.2, 0.25) is 5.91 Å². The number of benzene rings is 2. The van der Waals surface area contributed by atoms with Crippen LogP contribution in [0.1, 0.15) is 25.7 Å². The highest BCUT2D eigenvalue weighted by Gasteiger charge is 2.32. The van der Waals surface area contributed by atoms with Gasteiger partial charge in [-0.1, -0.05) is 11.6 Å². The molecule has 10 heteroatoms. The van der Waals surface area contributed by atoms with E-state index in [1.807, 2.05) is 12.1 Å². The molecule has 2 saturated heterocycles. The van der Waals surface area contributed by atoms with Gasteiger partial charge in [-0.05, 0) is 61.7 Å². The van der Waals surface area contributed by atoms with Gasteiger partial charge in [0.1, 0.15) is 17.2 Å². The SMILES string of the molecule is COc1ccc(N=C2C(=O)N(c3ccc(N4CCCCC4=O)cc3)CCC2=C(N)C(N)=O)cc1Cl.